The second-order valence-electron chi connectivity index (χ2n) is 16.0. The van der Waals surface area contributed by atoms with E-state index in [1.807, 2.05) is 119 Å². The van der Waals surface area contributed by atoms with E-state index in [1.165, 1.54) is 0 Å². The Bertz CT molecular complexity index is 1970. The number of fused-ring (bicyclic) bond motifs is 3. The van der Waals surface area contributed by atoms with E-state index in [0.717, 1.165) is 16.7 Å². The third kappa shape index (κ3) is 10.7. The highest BCUT2D eigenvalue weighted by atomic mass is 35.5. The Kier molecular flexibility index (Phi) is 13.5. The zero-order valence-electron chi connectivity index (χ0n) is 34.0. The van der Waals surface area contributed by atoms with Crippen LogP contribution in [0.1, 0.15) is 44.4 Å². The molecule has 0 bridgehead atoms. The largest absolute Gasteiger partial charge is 0.514 e. The van der Waals surface area contributed by atoms with Gasteiger partial charge in [-0.3, -0.25) is 0 Å². The molecule has 13 nitrogen and oxygen atoms in total. The van der Waals surface area contributed by atoms with Crippen molar-refractivity contribution in [3.8, 4) is 5.75 Å². The molecule has 0 unspecified atom stereocenters. The molecule has 14 heteroatoms. The fraction of sp³-hybridized carbons (Fsp3) is 0.457. The van der Waals surface area contributed by atoms with E-state index in [-0.39, 0.29) is 32.2 Å². The quantitative estimate of drug-likeness (QED) is 0.0856. The average molecular weight is 847 g/mol. The van der Waals surface area contributed by atoms with Crippen LogP contribution in [0.25, 0.3) is 0 Å². The van der Waals surface area contributed by atoms with Crippen LogP contribution in [0, 0.1) is 0 Å². The molecular formula is C46H51ClO13. The number of rotatable bonds is 15. The Morgan fingerprint density at radius 2 is 1.12 bits per heavy atom. The van der Waals surface area contributed by atoms with E-state index in [1.54, 1.807) is 24.3 Å². The summed E-state index contributed by atoms with van der Waals surface area (Å²) in [6, 6.07) is 35.6. The molecule has 0 saturated carbocycles. The highest BCUT2D eigenvalue weighted by Gasteiger charge is 2.61. The molecule has 4 heterocycles. The Balaban J connectivity index is 1.10. The molecule has 0 aliphatic carbocycles. The third-order valence-corrected chi connectivity index (χ3v) is 10.7. The molecule has 8 rings (SSSR count). The lowest BCUT2D eigenvalue weighted by molar-refractivity contribution is -0.329. The van der Waals surface area contributed by atoms with Crippen LogP contribution in [0.2, 0.25) is 5.02 Å². The van der Waals surface area contributed by atoms with Crippen molar-refractivity contribution in [1.29, 1.82) is 0 Å². The number of hydrogen-bond donors (Lipinski definition) is 0. The second kappa shape index (κ2) is 19.0. The van der Waals surface area contributed by atoms with E-state index in [2.05, 4.69) is 0 Å². The van der Waals surface area contributed by atoms with Crippen LogP contribution < -0.4 is 4.74 Å². The molecule has 320 valence electrons. The van der Waals surface area contributed by atoms with Gasteiger partial charge in [0.05, 0.1) is 33.0 Å². The Hall–Kier alpha value is -3.96. The highest BCUT2D eigenvalue weighted by Crippen LogP contribution is 2.44. The van der Waals surface area contributed by atoms with Gasteiger partial charge in [0.2, 0.25) is 0 Å². The molecule has 4 saturated heterocycles. The van der Waals surface area contributed by atoms with Crippen LogP contribution in [0.15, 0.2) is 115 Å². The first-order valence-corrected chi connectivity index (χ1v) is 20.6. The van der Waals surface area contributed by atoms with Gasteiger partial charge in [-0.2, -0.15) is 0 Å². The smallest absolute Gasteiger partial charge is 0.422 e. The fourth-order valence-electron chi connectivity index (χ4n) is 7.82. The fourth-order valence-corrected chi connectivity index (χ4v) is 7.94. The maximum Gasteiger partial charge on any atom is 0.514 e. The average Bonchev–Trinajstić information content (AvgIpc) is 3.74. The van der Waals surface area contributed by atoms with Crippen molar-refractivity contribution in [2.45, 2.75) is 121 Å². The monoisotopic (exact) mass is 846 g/mol. The molecule has 0 amide bonds. The molecule has 0 aromatic heterocycles. The van der Waals surface area contributed by atoms with Crippen molar-refractivity contribution in [3.05, 3.63) is 137 Å². The van der Waals surface area contributed by atoms with Crippen LogP contribution in [-0.2, 0) is 71.9 Å². The minimum absolute atomic E-state index is 0.0804. The van der Waals surface area contributed by atoms with Crippen LogP contribution in [0.3, 0.4) is 0 Å². The number of halogens is 1. The van der Waals surface area contributed by atoms with Gasteiger partial charge in [-0.05, 0) is 68.7 Å². The molecular weight excluding hydrogens is 796 g/mol. The number of benzene rings is 4. The Labute approximate surface area is 354 Å². The highest BCUT2D eigenvalue weighted by molar-refractivity contribution is 6.30. The lowest BCUT2D eigenvalue weighted by atomic mass is 9.97. The molecule has 4 fully saturated rings. The lowest BCUT2D eigenvalue weighted by Gasteiger charge is -2.45. The van der Waals surface area contributed by atoms with E-state index >= 15 is 0 Å². The molecule has 0 spiro atoms. The second-order valence-corrected chi connectivity index (χ2v) is 16.4. The summed E-state index contributed by atoms with van der Waals surface area (Å²) in [7, 11) is 0. The Morgan fingerprint density at radius 1 is 0.567 bits per heavy atom. The molecule has 60 heavy (non-hydrogen) atoms. The first kappa shape index (κ1) is 42.7. The molecule has 4 aliphatic rings. The van der Waals surface area contributed by atoms with Crippen molar-refractivity contribution in [1.82, 2.24) is 0 Å². The molecule has 0 radical (unpaired) electrons. The van der Waals surface area contributed by atoms with Gasteiger partial charge in [-0.15, -0.1) is 0 Å². The van der Waals surface area contributed by atoms with Crippen molar-refractivity contribution in [2.24, 2.45) is 0 Å². The maximum absolute atomic E-state index is 13.7. The van der Waals surface area contributed by atoms with Gasteiger partial charge in [-0.25, -0.2) is 4.79 Å². The Morgan fingerprint density at radius 3 is 1.75 bits per heavy atom. The lowest BCUT2D eigenvalue weighted by Crippen LogP contribution is -2.63. The number of ether oxygens (including phenoxy) is 12. The van der Waals surface area contributed by atoms with Crippen LogP contribution in [0.4, 0.5) is 4.79 Å². The first-order valence-electron chi connectivity index (χ1n) is 20.2. The van der Waals surface area contributed by atoms with Crippen LogP contribution in [-0.4, -0.2) is 92.4 Å². The summed E-state index contributed by atoms with van der Waals surface area (Å²) in [5.74, 6) is -1.61. The zero-order valence-corrected chi connectivity index (χ0v) is 34.7. The van der Waals surface area contributed by atoms with Gasteiger partial charge in [0, 0.05) is 5.02 Å². The molecule has 0 N–H and O–H groups in total. The number of carbonyl (C=O) groups is 1. The third-order valence-electron chi connectivity index (χ3n) is 10.5. The summed E-state index contributed by atoms with van der Waals surface area (Å²) in [6.07, 6.45) is -9.13. The SMILES string of the molecule is CC1(C)O[C@H]2[C@@H](O1)[C@@H](CO[C@@H]1O[C@H](COCc3ccccc3)[C@@H](OCc3ccccc3)[C@H](OCc3ccccc3)[C@H]1OC(=O)Oc1ccc(Cl)cc1)O[C@@H]1OC(C)(C)O[C@@H]12. The number of hydrogen-bond acceptors (Lipinski definition) is 13. The van der Waals surface area contributed by atoms with Crippen LogP contribution in [0.5, 0.6) is 5.75 Å². The minimum Gasteiger partial charge on any atom is -0.422 e. The van der Waals surface area contributed by atoms with Gasteiger partial charge in [-0.1, -0.05) is 103 Å². The molecule has 4 aliphatic heterocycles. The predicted octanol–water partition coefficient (Wildman–Crippen LogP) is 7.75. The van der Waals surface area contributed by atoms with Crippen LogP contribution >= 0.6 is 11.6 Å². The molecule has 4 aromatic carbocycles. The van der Waals surface area contributed by atoms with Crippen molar-refractivity contribution < 1.29 is 61.6 Å². The molecule has 4 aromatic rings. The summed E-state index contributed by atoms with van der Waals surface area (Å²) >= 11 is 6.11. The topological polar surface area (TPSA) is 128 Å². The van der Waals surface area contributed by atoms with E-state index in [4.69, 9.17) is 68.4 Å². The van der Waals surface area contributed by atoms with E-state index in [0.29, 0.717) is 11.6 Å². The van der Waals surface area contributed by atoms with Crippen molar-refractivity contribution in [2.75, 3.05) is 13.2 Å². The maximum atomic E-state index is 13.7. The standard InChI is InChI=1S/C46H51ClO13/c1-45(2)57-37-35(55-43-41(39(37)58-45)59-46(3,4)60-43)28-52-42-40(56-44(48)53-33-22-20-32(47)21-23-33)38(51-26-31-18-12-7-13-19-31)36(50-25-30-16-10-6-11-17-30)34(54-42)27-49-24-29-14-8-5-9-15-29/h5-23,34-43H,24-28H2,1-4H3/t34-,35-,36-,37+,38+,39+,40-,41-,42-,43-/m1/s1. The summed E-state index contributed by atoms with van der Waals surface area (Å²) in [5.41, 5.74) is 2.80. The zero-order chi connectivity index (χ0) is 41.7. The van der Waals surface area contributed by atoms with E-state index < -0.39 is 79.1 Å². The first-order chi connectivity index (χ1) is 29.0. The number of carbonyl (C=O) groups excluding carboxylic acids is 1. The van der Waals surface area contributed by atoms with Gasteiger partial charge < -0.3 is 56.8 Å². The van der Waals surface area contributed by atoms with Gasteiger partial charge >= 0.3 is 6.16 Å². The predicted molar refractivity (Wildman–Crippen MR) is 216 cm³/mol. The summed E-state index contributed by atoms with van der Waals surface area (Å²) < 4.78 is 76.5. The van der Waals surface area contributed by atoms with Crippen molar-refractivity contribution >= 4 is 17.8 Å². The summed E-state index contributed by atoms with van der Waals surface area (Å²) in [5, 5.41) is 0.481. The summed E-state index contributed by atoms with van der Waals surface area (Å²) in [6.45, 7) is 7.99. The van der Waals surface area contributed by atoms with Gasteiger partial charge in [0.1, 0.15) is 48.5 Å². The summed E-state index contributed by atoms with van der Waals surface area (Å²) in [4.78, 5) is 13.7. The normalized spacial score (nSPS) is 30.3. The van der Waals surface area contributed by atoms with Gasteiger partial charge in [0.15, 0.2) is 30.3 Å². The minimum atomic E-state index is -1.24. The molecule has 10 atom stereocenters. The van der Waals surface area contributed by atoms with Gasteiger partial charge in [0.25, 0.3) is 0 Å². The van der Waals surface area contributed by atoms with Crippen molar-refractivity contribution in [3.63, 3.8) is 0 Å². The van der Waals surface area contributed by atoms with E-state index in [9.17, 15) is 4.79 Å².